The Bertz CT molecular complexity index is 611. The van der Waals surface area contributed by atoms with Crippen LogP contribution < -0.4 is 5.73 Å². The monoisotopic (exact) mass is 317 g/mol. The largest absolute Gasteiger partial charge is 0.416 e. The van der Waals surface area contributed by atoms with E-state index in [9.17, 15) is 18.0 Å². The molecule has 0 aliphatic heterocycles. The maximum atomic E-state index is 12.3. The van der Waals surface area contributed by atoms with Crippen molar-refractivity contribution in [3.05, 3.63) is 47.1 Å². The van der Waals surface area contributed by atoms with Gasteiger partial charge in [0.15, 0.2) is 0 Å². The molecule has 0 spiro atoms. The molecule has 2 aromatic rings. The average Bonchev–Trinajstić information content (AvgIpc) is 2.37. The first kappa shape index (κ1) is 16.9. The summed E-state index contributed by atoms with van der Waals surface area (Å²) in [5.41, 5.74) is 4.75. The Hall–Kier alpha value is -2.15. The molecule has 21 heavy (non-hydrogen) atoms. The number of carbonyl (C=O) groups is 1. The summed E-state index contributed by atoms with van der Waals surface area (Å²) in [5.74, 6) is -0.333. The summed E-state index contributed by atoms with van der Waals surface area (Å²) in [6.45, 7) is 1.31. The number of aromatic nitrogens is 2. The van der Waals surface area contributed by atoms with Crippen LogP contribution in [0.15, 0.2) is 36.5 Å². The number of rotatable bonds is 1. The summed E-state index contributed by atoms with van der Waals surface area (Å²) in [6, 6.07) is 6.21. The van der Waals surface area contributed by atoms with E-state index in [0.717, 1.165) is 12.1 Å². The number of alkyl halides is 3. The molecule has 0 fully saturated rings. The minimum Gasteiger partial charge on any atom is -0.370 e. The van der Waals surface area contributed by atoms with Gasteiger partial charge in [-0.1, -0.05) is 23.7 Å². The van der Waals surface area contributed by atoms with Gasteiger partial charge in [-0.3, -0.25) is 4.79 Å². The minimum absolute atomic E-state index is 0.333. The summed E-state index contributed by atoms with van der Waals surface area (Å²) >= 11 is 5.72. The Kier molecular flexibility index (Phi) is 5.66. The number of primary amides is 1. The molecule has 1 aromatic carbocycles. The molecule has 1 heterocycles. The van der Waals surface area contributed by atoms with Gasteiger partial charge in [0, 0.05) is 12.5 Å². The third-order valence-electron chi connectivity index (χ3n) is 2.13. The molecule has 0 bridgehead atoms. The molecular formula is C13H11ClF3N3O. The highest BCUT2D eigenvalue weighted by Crippen LogP contribution is 2.30. The lowest BCUT2D eigenvalue weighted by Gasteiger charge is -2.07. The van der Waals surface area contributed by atoms with Crippen LogP contribution in [0, 0.1) is 0 Å². The lowest BCUT2D eigenvalue weighted by molar-refractivity contribution is -0.137. The van der Waals surface area contributed by atoms with Crippen molar-refractivity contribution in [1.29, 1.82) is 0 Å². The summed E-state index contributed by atoms with van der Waals surface area (Å²) in [5, 5.41) is 7.80. The normalized spacial score (nSPS) is 10.5. The lowest BCUT2D eigenvalue weighted by atomic mass is 10.1. The van der Waals surface area contributed by atoms with Crippen LogP contribution in [0.5, 0.6) is 0 Å². The fraction of sp³-hybridized carbons (Fsp3) is 0.154. The lowest BCUT2D eigenvalue weighted by Crippen LogP contribution is -2.04. The predicted molar refractivity (Wildman–Crippen MR) is 72.3 cm³/mol. The van der Waals surface area contributed by atoms with E-state index in [-0.39, 0.29) is 5.91 Å². The van der Waals surface area contributed by atoms with Crippen LogP contribution in [-0.2, 0) is 11.0 Å². The Labute approximate surface area is 123 Å². The van der Waals surface area contributed by atoms with E-state index in [1.807, 2.05) is 0 Å². The standard InChI is InChI=1S/C11H6ClF3N2.C2H5NO/c12-9-5-10(17-16-6-9)7-1-3-8(4-2-7)11(13,14)15;1-2(3)4/h1-6H;1H3,(H2,3,4). The van der Waals surface area contributed by atoms with E-state index in [1.54, 1.807) is 0 Å². The van der Waals surface area contributed by atoms with Crippen molar-refractivity contribution < 1.29 is 18.0 Å². The van der Waals surface area contributed by atoms with Crippen molar-refractivity contribution in [3.8, 4) is 11.3 Å². The molecule has 2 N–H and O–H groups in total. The number of hydrogen-bond acceptors (Lipinski definition) is 3. The first-order chi connectivity index (χ1) is 9.70. The van der Waals surface area contributed by atoms with Crippen LogP contribution in [0.3, 0.4) is 0 Å². The summed E-state index contributed by atoms with van der Waals surface area (Å²) in [6.07, 6.45) is -2.98. The summed E-state index contributed by atoms with van der Waals surface area (Å²) in [7, 11) is 0. The maximum absolute atomic E-state index is 12.3. The molecule has 112 valence electrons. The zero-order chi connectivity index (χ0) is 16.0. The number of amides is 1. The van der Waals surface area contributed by atoms with E-state index in [2.05, 4.69) is 15.9 Å². The van der Waals surface area contributed by atoms with Gasteiger partial charge in [-0.05, 0) is 18.2 Å². The van der Waals surface area contributed by atoms with Gasteiger partial charge in [0.1, 0.15) is 0 Å². The summed E-state index contributed by atoms with van der Waals surface area (Å²) < 4.78 is 37.0. The Morgan fingerprint density at radius 1 is 1.24 bits per heavy atom. The quantitative estimate of drug-likeness (QED) is 0.877. The van der Waals surface area contributed by atoms with Gasteiger partial charge >= 0.3 is 6.18 Å². The van der Waals surface area contributed by atoms with Gasteiger partial charge in [0.2, 0.25) is 5.91 Å². The van der Waals surface area contributed by atoms with Crippen LogP contribution in [-0.4, -0.2) is 16.1 Å². The first-order valence-corrected chi connectivity index (χ1v) is 6.00. The van der Waals surface area contributed by atoms with Gasteiger partial charge in [-0.2, -0.15) is 23.4 Å². The maximum Gasteiger partial charge on any atom is 0.416 e. The van der Waals surface area contributed by atoms with Crippen molar-refractivity contribution >= 4 is 17.5 Å². The van der Waals surface area contributed by atoms with Crippen molar-refractivity contribution in [3.63, 3.8) is 0 Å². The van der Waals surface area contributed by atoms with Crippen molar-refractivity contribution in [1.82, 2.24) is 10.2 Å². The van der Waals surface area contributed by atoms with E-state index >= 15 is 0 Å². The number of halogens is 4. The summed E-state index contributed by atoms with van der Waals surface area (Å²) in [4.78, 5) is 9.22. The molecule has 0 aliphatic carbocycles. The fourth-order valence-corrected chi connectivity index (χ4v) is 1.46. The molecule has 0 radical (unpaired) electrons. The fourth-order valence-electron chi connectivity index (χ4n) is 1.31. The smallest absolute Gasteiger partial charge is 0.370 e. The second kappa shape index (κ2) is 7.03. The molecule has 1 aromatic heterocycles. The van der Waals surface area contributed by atoms with Crippen LogP contribution in [0.1, 0.15) is 12.5 Å². The highest BCUT2D eigenvalue weighted by atomic mass is 35.5. The van der Waals surface area contributed by atoms with Gasteiger partial charge in [-0.15, -0.1) is 0 Å². The number of nitrogens with two attached hydrogens (primary N) is 1. The molecule has 0 atom stereocenters. The number of nitrogens with zero attached hydrogens (tertiary/aromatic N) is 2. The second-order valence-electron chi connectivity index (χ2n) is 3.94. The average molecular weight is 318 g/mol. The van der Waals surface area contributed by atoms with Crippen molar-refractivity contribution in [2.75, 3.05) is 0 Å². The minimum atomic E-state index is -4.33. The highest BCUT2D eigenvalue weighted by Gasteiger charge is 2.29. The molecule has 1 amide bonds. The molecule has 8 heteroatoms. The molecule has 0 saturated carbocycles. The molecule has 0 aliphatic rings. The zero-order valence-electron chi connectivity index (χ0n) is 10.9. The van der Waals surface area contributed by atoms with Crippen LogP contribution in [0.2, 0.25) is 5.02 Å². The number of carbonyl (C=O) groups excluding carboxylic acids is 1. The van der Waals surface area contributed by atoms with Crippen molar-refractivity contribution in [2.45, 2.75) is 13.1 Å². The van der Waals surface area contributed by atoms with Gasteiger partial charge in [0.05, 0.1) is 22.5 Å². The highest BCUT2D eigenvalue weighted by molar-refractivity contribution is 6.30. The predicted octanol–water partition coefficient (Wildman–Crippen LogP) is 3.31. The second-order valence-corrected chi connectivity index (χ2v) is 4.38. The number of benzene rings is 1. The molecule has 0 saturated heterocycles. The SMILES string of the molecule is CC(N)=O.FC(F)(F)c1ccc(-c2cc(Cl)cnn2)cc1. The topological polar surface area (TPSA) is 68.9 Å². The molecule has 4 nitrogen and oxygen atoms in total. The van der Waals surface area contributed by atoms with Crippen LogP contribution >= 0.6 is 11.6 Å². The Morgan fingerprint density at radius 3 is 2.19 bits per heavy atom. The van der Waals surface area contributed by atoms with Gasteiger partial charge < -0.3 is 5.73 Å². The zero-order valence-corrected chi connectivity index (χ0v) is 11.6. The van der Waals surface area contributed by atoms with Gasteiger partial charge in [0.25, 0.3) is 0 Å². The Balaban J connectivity index is 0.000000491. The van der Waals surface area contributed by atoms with Crippen LogP contribution in [0.25, 0.3) is 11.3 Å². The third-order valence-corrected chi connectivity index (χ3v) is 2.34. The first-order valence-electron chi connectivity index (χ1n) is 5.62. The van der Waals surface area contributed by atoms with E-state index in [0.29, 0.717) is 16.3 Å². The Morgan fingerprint density at radius 2 is 1.76 bits per heavy atom. The van der Waals surface area contributed by atoms with Crippen molar-refractivity contribution in [2.24, 2.45) is 5.73 Å². The van der Waals surface area contributed by atoms with Gasteiger partial charge in [-0.25, -0.2) is 0 Å². The van der Waals surface area contributed by atoms with E-state index in [4.69, 9.17) is 11.6 Å². The molecule has 0 unspecified atom stereocenters. The van der Waals surface area contributed by atoms with E-state index < -0.39 is 11.7 Å². The molecular weight excluding hydrogens is 307 g/mol. The molecule has 2 rings (SSSR count). The number of hydrogen-bond donors (Lipinski definition) is 1. The van der Waals surface area contributed by atoms with Crippen LogP contribution in [0.4, 0.5) is 13.2 Å². The van der Waals surface area contributed by atoms with E-state index in [1.165, 1.54) is 31.3 Å². The third kappa shape index (κ3) is 5.78.